The van der Waals surface area contributed by atoms with Crippen molar-refractivity contribution >= 4 is 63.6 Å². The van der Waals surface area contributed by atoms with Gasteiger partial charge < -0.3 is 4.74 Å². The van der Waals surface area contributed by atoms with Crippen molar-refractivity contribution in [2.75, 3.05) is 4.90 Å². The van der Waals surface area contributed by atoms with Crippen LogP contribution in [0.5, 0.6) is 5.75 Å². The molecule has 0 aliphatic carbocycles. The monoisotopic (exact) mass is 544 g/mol. The van der Waals surface area contributed by atoms with E-state index in [1.807, 2.05) is 49.4 Å². The number of amides is 4. The summed E-state index contributed by atoms with van der Waals surface area (Å²) in [4.78, 5) is 40.3. The smallest absolute Gasteiger partial charge is 0.335 e. The molecular formula is C30H22Cl2N2O4. The summed E-state index contributed by atoms with van der Waals surface area (Å²) in [6, 6.07) is 21.1. The summed E-state index contributed by atoms with van der Waals surface area (Å²) in [6.07, 6.45) is 1.48. The molecule has 0 atom stereocenters. The summed E-state index contributed by atoms with van der Waals surface area (Å²) in [5, 5.41) is 4.83. The molecule has 0 aromatic heterocycles. The summed E-state index contributed by atoms with van der Waals surface area (Å²) in [5.41, 5.74) is 3.17. The molecule has 1 N–H and O–H groups in total. The highest BCUT2D eigenvalue weighted by molar-refractivity contribution is 6.42. The fourth-order valence-electron chi connectivity index (χ4n) is 4.32. The molecule has 0 spiro atoms. The summed E-state index contributed by atoms with van der Waals surface area (Å²) in [6.45, 7) is 3.85. The van der Waals surface area contributed by atoms with Gasteiger partial charge in [0.25, 0.3) is 11.8 Å². The second-order valence-electron chi connectivity index (χ2n) is 8.98. The molecule has 1 fully saturated rings. The van der Waals surface area contributed by atoms with Gasteiger partial charge in [-0.25, -0.2) is 9.69 Å². The van der Waals surface area contributed by atoms with Crippen LogP contribution in [-0.2, 0) is 16.2 Å². The van der Waals surface area contributed by atoms with Gasteiger partial charge in [0.15, 0.2) is 0 Å². The number of urea groups is 1. The van der Waals surface area contributed by atoms with E-state index in [1.54, 1.807) is 37.3 Å². The number of barbiturate groups is 1. The van der Waals surface area contributed by atoms with E-state index in [1.165, 1.54) is 6.08 Å². The van der Waals surface area contributed by atoms with Crippen LogP contribution in [0.1, 0.15) is 22.3 Å². The van der Waals surface area contributed by atoms with Crippen molar-refractivity contribution in [3.63, 3.8) is 0 Å². The number of hydrogen-bond acceptors (Lipinski definition) is 4. The molecule has 38 heavy (non-hydrogen) atoms. The Bertz CT molecular complexity index is 1660. The number of hydrogen-bond donors (Lipinski definition) is 1. The number of nitrogens with one attached hydrogen (secondary N) is 1. The fourth-order valence-corrected chi connectivity index (χ4v) is 4.64. The lowest BCUT2D eigenvalue weighted by atomic mass is 9.99. The van der Waals surface area contributed by atoms with Crippen LogP contribution in [0, 0.1) is 13.8 Å². The van der Waals surface area contributed by atoms with Gasteiger partial charge in [-0.1, -0.05) is 71.7 Å². The van der Waals surface area contributed by atoms with E-state index in [-0.39, 0.29) is 12.2 Å². The standard InChI is InChI=1S/C30H22Cl2N2O4/c1-17-7-8-18(2)26(13-17)34-29(36)23(28(35)33-30(34)37)15-22-21-6-4-3-5-20(21)10-12-27(22)38-16-19-9-11-24(31)25(32)14-19/h3-15H,16H2,1-2H3,(H,33,35,37)/b23-15+. The Morgan fingerprint density at radius 3 is 2.47 bits per heavy atom. The topological polar surface area (TPSA) is 75.7 Å². The van der Waals surface area contributed by atoms with Gasteiger partial charge in [0.05, 0.1) is 15.7 Å². The van der Waals surface area contributed by atoms with E-state index in [4.69, 9.17) is 27.9 Å². The van der Waals surface area contributed by atoms with Gasteiger partial charge in [0.1, 0.15) is 17.9 Å². The lowest BCUT2D eigenvalue weighted by Gasteiger charge is -2.28. The minimum Gasteiger partial charge on any atom is -0.488 e. The van der Waals surface area contributed by atoms with Crippen molar-refractivity contribution in [1.82, 2.24) is 5.32 Å². The summed E-state index contributed by atoms with van der Waals surface area (Å²) < 4.78 is 6.14. The first kappa shape index (κ1) is 25.5. The molecule has 5 rings (SSSR count). The summed E-state index contributed by atoms with van der Waals surface area (Å²) in [5.74, 6) is -1.03. The number of imide groups is 2. The molecular weight excluding hydrogens is 523 g/mol. The number of benzene rings is 4. The Morgan fingerprint density at radius 1 is 0.895 bits per heavy atom. The van der Waals surface area contributed by atoms with Crippen LogP contribution in [0.15, 0.2) is 78.4 Å². The number of carbonyl (C=O) groups excluding carboxylic acids is 3. The fraction of sp³-hybridized carbons (Fsp3) is 0.100. The van der Waals surface area contributed by atoms with Crippen LogP contribution < -0.4 is 15.0 Å². The number of nitrogens with zero attached hydrogens (tertiary/aromatic N) is 1. The average molecular weight is 545 g/mol. The Labute approximate surface area is 229 Å². The normalized spacial score (nSPS) is 14.8. The Balaban J connectivity index is 1.59. The number of ether oxygens (including phenoxy) is 1. The van der Waals surface area contributed by atoms with E-state index in [0.29, 0.717) is 27.0 Å². The van der Waals surface area contributed by atoms with E-state index in [2.05, 4.69) is 5.32 Å². The molecule has 0 saturated carbocycles. The average Bonchev–Trinajstić information content (AvgIpc) is 2.89. The van der Waals surface area contributed by atoms with Crippen molar-refractivity contribution in [3.05, 3.63) is 111 Å². The summed E-state index contributed by atoms with van der Waals surface area (Å²) in [7, 11) is 0. The highest BCUT2D eigenvalue weighted by Crippen LogP contribution is 2.33. The molecule has 190 valence electrons. The lowest BCUT2D eigenvalue weighted by Crippen LogP contribution is -2.54. The number of carbonyl (C=O) groups is 3. The molecule has 1 aliphatic heterocycles. The first-order chi connectivity index (χ1) is 18.2. The maximum absolute atomic E-state index is 13.6. The van der Waals surface area contributed by atoms with Gasteiger partial charge in [0.2, 0.25) is 0 Å². The predicted octanol–water partition coefficient (Wildman–Crippen LogP) is 7.01. The first-order valence-electron chi connectivity index (χ1n) is 11.8. The first-order valence-corrected chi connectivity index (χ1v) is 12.6. The van der Waals surface area contributed by atoms with Crippen LogP contribution in [0.25, 0.3) is 16.8 Å². The van der Waals surface area contributed by atoms with Crippen molar-refractivity contribution in [3.8, 4) is 5.75 Å². The lowest BCUT2D eigenvalue weighted by molar-refractivity contribution is -0.122. The second kappa shape index (κ2) is 10.3. The number of aryl methyl sites for hydroxylation is 2. The molecule has 1 aliphatic rings. The number of halogens is 2. The predicted molar refractivity (Wildman–Crippen MR) is 150 cm³/mol. The van der Waals surface area contributed by atoms with Crippen LogP contribution in [0.2, 0.25) is 10.0 Å². The minimum absolute atomic E-state index is 0.179. The van der Waals surface area contributed by atoms with E-state index in [9.17, 15) is 14.4 Å². The molecule has 6 nitrogen and oxygen atoms in total. The molecule has 0 bridgehead atoms. The van der Waals surface area contributed by atoms with Gasteiger partial charge >= 0.3 is 6.03 Å². The van der Waals surface area contributed by atoms with Gasteiger partial charge in [-0.2, -0.15) is 0 Å². The molecule has 4 aromatic rings. The largest absolute Gasteiger partial charge is 0.488 e. The van der Waals surface area contributed by atoms with E-state index < -0.39 is 17.8 Å². The van der Waals surface area contributed by atoms with Crippen molar-refractivity contribution in [2.45, 2.75) is 20.5 Å². The van der Waals surface area contributed by atoms with Crippen LogP contribution >= 0.6 is 23.2 Å². The minimum atomic E-state index is -0.792. The van der Waals surface area contributed by atoms with Gasteiger partial charge in [-0.15, -0.1) is 0 Å². The Kier molecular flexibility index (Phi) is 6.93. The highest BCUT2D eigenvalue weighted by atomic mass is 35.5. The molecule has 8 heteroatoms. The highest BCUT2D eigenvalue weighted by Gasteiger charge is 2.37. The molecule has 4 aromatic carbocycles. The third kappa shape index (κ3) is 4.88. The van der Waals surface area contributed by atoms with Gasteiger partial charge in [0, 0.05) is 5.56 Å². The SMILES string of the molecule is Cc1ccc(C)c(N2C(=O)NC(=O)/C(=C\c3c(OCc4ccc(Cl)c(Cl)c4)ccc4ccccc34)C2=O)c1. The van der Waals surface area contributed by atoms with Crippen LogP contribution in [0.4, 0.5) is 10.5 Å². The summed E-state index contributed by atoms with van der Waals surface area (Å²) >= 11 is 12.2. The van der Waals surface area contributed by atoms with Gasteiger partial charge in [-0.3, -0.25) is 14.9 Å². The molecule has 1 saturated heterocycles. The molecule has 0 unspecified atom stereocenters. The zero-order chi connectivity index (χ0) is 27.0. The maximum atomic E-state index is 13.6. The maximum Gasteiger partial charge on any atom is 0.335 e. The third-order valence-electron chi connectivity index (χ3n) is 6.30. The number of fused-ring (bicyclic) bond motifs is 1. The van der Waals surface area contributed by atoms with Gasteiger partial charge in [-0.05, 0) is 71.7 Å². The Hall–Kier alpha value is -4.13. The van der Waals surface area contributed by atoms with Crippen LogP contribution in [0.3, 0.4) is 0 Å². The van der Waals surface area contributed by atoms with E-state index in [0.717, 1.165) is 32.4 Å². The van der Waals surface area contributed by atoms with Crippen molar-refractivity contribution in [1.29, 1.82) is 0 Å². The quantitative estimate of drug-likeness (QED) is 0.216. The van der Waals surface area contributed by atoms with Crippen LogP contribution in [-0.4, -0.2) is 17.8 Å². The van der Waals surface area contributed by atoms with Crippen molar-refractivity contribution in [2.24, 2.45) is 0 Å². The number of rotatable bonds is 5. The zero-order valence-corrected chi connectivity index (χ0v) is 22.1. The number of anilines is 1. The molecule has 1 heterocycles. The second-order valence-corrected chi connectivity index (χ2v) is 9.80. The molecule has 4 amide bonds. The zero-order valence-electron chi connectivity index (χ0n) is 20.5. The Morgan fingerprint density at radius 2 is 1.68 bits per heavy atom. The molecule has 0 radical (unpaired) electrons. The third-order valence-corrected chi connectivity index (χ3v) is 7.04. The van der Waals surface area contributed by atoms with Crippen molar-refractivity contribution < 1.29 is 19.1 Å². The van der Waals surface area contributed by atoms with E-state index >= 15 is 0 Å².